The maximum Gasteiger partial charge on any atom is 0.147 e. The number of para-hydroxylation sites is 2. The zero-order valence-electron chi connectivity index (χ0n) is 36.1. The molecule has 6 aromatic carbocycles. The Morgan fingerprint density at radius 3 is 1.88 bits per heavy atom. The van der Waals surface area contributed by atoms with Crippen LogP contribution in [-0.2, 0) is 16.2 Å². The standard InChI is InChI=1S/C55H51N5/c1-53(2,3)38-23-24-47-44(28-38)45-29-40(55(7,8)9)30-46(50(45)58-47)52-59-51-42(21-16-22-49(51)60(52)41-19-14-11-15-20-41)35-25-36(27-39(26-35)54(4,5)6)48-31-43(37(32-56)33-57-48)34-17-12-10-13-18-34/h10-31,33,58H,1-9H3. The van der Waals surface area contributed by atoms with E-state index in [1.165, 1.54) is 27.5 Å². The number of nitrogens with one attached hydrogen (secondary N) is 1. The molecular formula is C55H51N5. The number of hydrogen-bond acceptors (Lipinski definition) is 3. The lowest BCUT2D eigenvalue weighted by Crippen LogP contribution is -2.11. The SMILES string of the molecule is CC(C)(C)c1cc(-c2cc(-c3ccccc3)c(C#N)cn2)cc(-c2cccc3c2nc(-c2cc(C(C)(C)C)cc4c2[nH]c2ccc(C(C)(C)C)cc24)n3-c2ccccc2)c1. The first-order chi connectivity index (χ1) is 28.6. The first-order valence-electron chi connectivity index (χ1n) is 20.9. The molecule has 0 fully saturated rings. The summed E-state index contributed by atoms with van der Waals surface area (Å²) in [6, 6.07) is 50.0. The van der Waals surface area contributed by atoms with Gasteiger partial charge in [0.05, 0.1) is 27.8 Å². The highest BCUT2D eigenvalue weighted by atomic mass is 15.1. The Bertz CT molecular complexity index is 3140. The molecular weight excluding hydrogens is 731 g/mol. The van der Waals surface area contributed by atoms with E-state index < -0.39 is 0 Å². The number of benzene rings is 6. The molecule has 9 aromatic rings. The van der Waals surface area contributed by atoms with Gasteiger partial charge in [0.1, 0.15) is 11.9 Å². The molecule has 0 aliphatic heterocycles. The average molecular weight is 782 g/mol. The molecule has 0 spiro atoms. The smallest absolute Gasteiger partial charge is 0.147 e. The molecule has 0 atom stereocenters. The van der Waals surface area contributed by atoms with E-state index in [9.17, 15) is 5.26 Å². The first-order valence-corrected chi connectivity index (χ1v) is 20.9. The molecule has 0 aliphatic rings. The van der Waals surface area contributed by atoms with Crippen molar-refractivity contribution in [2.75, 3.05) is 0 Å². The molecule has 0 saturated heterocycles. The molecule has 296 valence electrons. The molecule has 0 saturated carbocycles. The van der Waals surface area contributed by atoms with Crippen LogP contribution >= 0.6 is 0 Å². The fraction of sp³-hybridized carbons (Fsp3) is 0.218. The summed E-state index contributed by atoms with van der Waals surface area (Å²) >= 11 is 0. The second-order valence-electron chi connectivity index (χ2n) is 19.3. The number of pyridine rings is 1. The van der Waals surface area contributed by atoms with Gasteiger partial charge in [-0.3, -0.25) is 9.55 Å². The third-order valence-electron chi connectivity index (χ3n) is 11.9. The normalized spacial score (nSPS) is 12.4. The minimum Gasteiger partial charge on any atom is -0.354 e. The molecule has 0 amide bonds. The van der Waals surface area contributed by atoms with Crippen LogP contribution in [0.3, 0.4) is 0 Å². The summed E-state index contributed by atoms with van der Waals surface area (Å²) in [7, 11) is 0. The zero-order valence-corrected chi connectivity index (χ0v) is 36.1. The first kappa shape index (κ1) is 38.7. The van der Waals surface area contributed by atoms with E-state index in [1.54, 1.807) is 6.20 Å². The van der Waals surface area contributed by atoms with Crippen LogP contribution in [-0.4, -0.2) is 19.5 Å². The molecule has 0 aliphatic carbocycles. The van der Waals surface area contributed by atoms with Gasteiger partial charge in [-0.2, -0.15) is 5.26 Å². The summed E-state index contributed by atoms with van der Waals surface area (Å²) in [5.41, 5.74) is 16.1. The maximum absolute atomic E-state index is 10.1. The lowest BCUT2D eigenvalue weighted by Gasteiger charge is -2.22. The fourth-order valence-electron chi connectivity index (χ4n) is 8.35. The summed E-state index contributed by atoms with van der Waals surface area (Å²) in [5.74, 6) is 0.885. The molecule has 9 rings (SSSR count). The molecule has 5 heteroatoms. The average Bonchev–Trinajstić information content (AvgIpc) is 3.81. The molecule has 0 radical (unpaired) electrons. The summed E-state index contributed by atoms with van der Waals surface area (Å²) < 4.78 is 2.33. The topological polar surface area (TPSA) is 70.3 Å². The quantitative estimate of drug-likeness (QED) is 0.189. The van der Waals surface area contributed by atoms with E-state index in [4.69, 9.17) is 9.97 Å². The van der Waals surface area contributed by atoms with E-state index in [0.29, 0.717) is 5.56 Å². The van der Waals surface area contributed by atoms with Gasteiger partial charge in [-0.25, -0.2) is 4.98 Å². The highest BCUT2D eigenvalue weighted by molar-refractivity contribution is 6.13. The van der Waals surface area contributed by atoms with Gasteiger partial charge in [0.25, 0.3) is 0 Å². The van der Waals surface area contributed by atoms with Crippen LogP contribution < -0.4 is 0 Å². The van der Waals surface area contributed by atoms with Gasteiger partial charge in [-0.15, -0.1) is 0 Å². The van der Waals surface area contributed by atoms with Gasteiger partial charge in [0.15, 0.2) is 0 Å². The molecule has 3 heterocycles. The number of fused-ring (bicyclic) bond motifs is 4. The molecule has 1 N–H and O–H groups in total. The Labute approximate surface area is 353 Å². The van der Waals surface area contributed by atoms with Crippen molar-refractivity contribution in [2.24, 2.45) is 0 Å². The summed E-state index contributed by atoms with van der Waals surface area (Å²) in [6.07, 6.45) is 1.70. The Hall–Kier alpha value is -6.77. The van der Waals surface area contributed by atoms with E-state index in [2.05, 4.69) is 181 Å². The number of rotatable bonds is 5. The van der Waals surface area contributed by atoms with Crippen LogP contribution in [0, 0.1) is 11.3 Å². The number of nitrogens with zero attached hydrogens (tertiary/aromatic N) is 4. The van der Waals surface area contributed by atoms with Crippen molar-refractivity contribution in [1.29, 1.82) is 5.26 Å². The highest BCUT2D eigenvalue weighted by Gasteiger charge is 2.26. The highest BCUT2D eigenvalue weighted by Crippen LogP contribution is 2.43. The van der Waals surface area contributed by atoms with Gasteiger partial charge in [0.2, 0.25) is 0 Å². The van der Waals surface area contributed by atoms with Crippen molar-refractivity contribution >= 4 is 32.8 Å². The van der Waals surface area contributed by atoms with Crippen LogP contribution in [0.15, 0.2) is 140 Å². The molecule has 3 aromatic heterocycles. The van der Waals surface area contributed by atoms with E-state index in [1.807, 2.05) is 30.3 Å². The van der Waals surface area contributed by atoms with Crippen LogP contribution in [0.5, 0.6) is 0 Å². The summed E-state index contributed by atoms with van der Waals surface area (Å²) in [6.45, 7) is 20.4. The van der Waals surface area contributed by atoms with Crippen molar-refractivity contribution in [2.45, 2.75) is 78.6 Å². The lowest BCUT2D eigenvalue weighted by molar-refractivity contribution is 0.590. The monoisotopic (exact) mass is 781 g/mol. The van der Waals surface area contributed by atoms with E-state index in [-0.39, 0.29) is 16.2 Å². The Balaban J connectivity index is 1.32. The van der Waals surface area contributed by atoms with Crippen molar-refractivity contribution in [1.82, 2.24) is 19.5 Å². The van der Waals surface area contributed by atoms with Gasteiger partial charge in [0, 0.05) is 50.4 Å². The van der Waals surface area contributed by atoms with Crippen molar-refractivity contribution < 1.29 is 0 Å². The molecule has 5 nitrogen and oxygen atoms in total. The summed E-state index contributed by atoms with van der Waals surface area (Å²) in [4.78, 5) is 14.4. The van der Waals surface area contributed by atoms with Crippen molar-refractivity contribution in [3.63, 3.8) is 0 Å². The number of aromatic amines is 1. The third kappa shape index (κ3) is 6.86. The molecule has 0 unspecified atom stereocenters. The van der Waals surface area contributed by atoms with Gasteiger partial charge >= 0.3 is 0 Å². The van der Waals surface area contributed by atoms with Crippen LogP contribution in [0.25, 0.3) is 83.4 Å². The van der Waals surface area contributed by atoms with Gasteiger partial charge in [-0.1, -0.05) is 135 Å². The second-order valence-corrected chi connectivity index (χ2v) is 19.3. The Morgan fingerprint density at radius 1 is 0.550 bits per heavy atom. The van der Waals surface area contributed by atoms with Crippen LogP contribution in [0.1, 0.15) is 84.6 Å². The zero-order chi connectivity index (χ0) is 42.1. The number of hydrogen-bond donors (Lipinski definition) is 1. The third-order valence-corrected chi connectivity index (χ3v) is 11.9. The number of nitriles is 1. The fourth-order valence-corrected chi connectivity index (χ4v) is 8.35. The summed E-state index contributed by atoms with van der Waals surface area (Å²) in [5, 5.41) is 12.5. The van der Waals surface area contributed by atoms with Crippen molar-refractivity contribution in [3.05, 3.63) is 162 Å². The minimum atomic E-state index is -0.149. The number of imidazole rings is 1. The maximum atomic E-state index is 10.1. The predicted molar refractivity (Wildman–Crippen MR) is 251 cm³/mol. The predicted octanol–water partition coefficient (Wildman–Crippen LogP) is 14.5. The second kappa shape index (κ2) is 14.2. The molecule has 60 heavy (non-hydrogen) atoms. The largest absolute Gasteiger partial charge is 0.354 e. The number of aromatic nitrogens is 4. The minimum absolute atomic E-state index is 0.0183. The van der Waals surface area contributed by atoms with E-state index in [0.717, 1.165) is 72.7 Å². The van der Waals surface area contributed by atoms with E-state index >= 15 is 0 Å². The lowest BCUT2D eigenvalue weighted by atomic mass is 9.83. The van der Waals surface area contributed by atoms with Crippen LogP contribution in [0.4, 0.5) is 0 Å². The van der Waals surface area contributed by atoms with Crippen molar-refractivity contribution in [3.8, 4) is 56.7 Å². The van der Waals surface area contributed by atoms with Crippen LogP contribution in [0.2, 0.25) is 0 Å². The van der Waals surface area contributed by atoms with Gasteiger partial charge < -0.3 is 4.98 Å². The Morgan fingerprint density at radius 2 is 1.20 bits per heavy atom. The number of H-pyrrole nitrogens is 1. The molecule has 0 bridgehead atoms. The Kier molecular flexibility index (Phi) is 9.17. The van der Waals surface area contributed by atoms with Gasteiger partial charge in [-0.05, 0) is 105 Å².